The van der Waals surface area contributed by atoms with Crippen molar-refractivity contribution in [1.82, 2.24) is 0 Å². The molecule has 0 amide bonds. The molecule has 2 N–H and O–H groups in total. The van der Waals surface area contributed by atoms with Crippen LogP contribution in [0.3, 0.4) is 0 Å². The largest absolute Gasteiger partial charge is 1.00 e. The number of carbonyl (C=O) groups is 2. The molecule has 14 heavy (non-hydrogen) atoms. The summed E-state index contributed by atoms with van der Waals surface area (Å²) in [5, 5.41) is 14.8. The van der Waals surface area contributed by atoms with Crippen molar-refractivity contribution in [3.05, 3.63) is 0 Å². The first-order valence-corrected chi connectivity index (χ1v) is 4.39. The van der Waals surface area contributed by atoms with Gasteiger partial charge in [0, 0.05) is 0 Å². The second-order valence-corrected chi connectivity index (χ2v) is 2.87. The van der Waals surface area contributed by atoms with Crippen LogP contribution in [0.1, 0.15) is 0 Å². The van der Waals surface area contributed by atoms with Crippen LogP contribution in [0.25, 0.3) is 0 Å². The average molecular weight is 262 g/mol. The smallest absolute Gasteiger partial charge is 0.585 e. The van der Waals surface area contributed by atoms with Gasteiger partial charge in [-0.05, 0) is 0 Å². The molecule has 0 fully saturated rings. The van der Waals surface area contributed by atoms with Crippen LogP contribution in [0.2, 0.25) is 0 Å². The first kappa shape index (κ1) is 24.3. The van der Waals surface area contributed by atoms with E-state index in [2.05, 4.69) is 0 Å². The fraction of sp³-hybridized carbons (Fsp3) is 0. The summed E-state index contributed by atoms with van der Waals surface area (Å²) < 4.78 is 18.3. The summed E-state index contributed by atoms with van der Waals surface area (Å²) in [5.41, 5.74) is -3.57. The molecule has 2 unspecified atom stereocenters. The summed E-state index contributed by atoms with van der Waals surface area (Å²) in [4.78, 5) is 36.5. The Labute approximate surface area is 124 Å². The SMILES string of the molecule is O=C(O)[P+](=O)[O-].O=C(O)[P+](=O)[O-].[Na+].[Na+]. The first-order chi connectivity index (χ1) is 5.29. The summed E-state index contributed by atoms with van der Waals surface area (Å²) in [7, 11) is -6.49. The standard InChI is InChI=1S/2CHO4P.2Na/c2*2-1(3)6(4)5;;/h2*(H,2,3);;/q;;2*+1. The molecule has 0 aliphatic rings. The van der Waals surface area contributed by atoms with Crippen LogP contribution in [0.4, 0.5) is 9.59 Å². The molecule has 0 aromatic carbocycles. The molecule has 0 aliphatic heterocycles. The van der Waals surface area contributed by atoms with Crippen molar-refractivity contribution in [2.24, 2.45) is 0 Å². The third kappa shape index (κ3) is 23.1. The van der Waals surface area contributed by atoms with Gasteiger partial charge in [-0.15, -0.1) is 0 Å². The molecule has 0 aromatic heterocycles. The first-order valence-electron chi connectivity index (χ1n) is 2.03. The van der Waals surface area contributed by atoms with E-state index < -0.39 is 27.5 Å². The Bertz CT molecular complexity index is 179. The fourth-order valence-corrected chi connectivity index (χ4v) is 0. The molecule has 68 valence electrons. The van der Waals surface area contributed by atoms with E-state index in [0.717, 1.165) is 0 Å². The van der Waals surface area contributed by atoms with E-state index in [4.69, 9.17) is 38.7 Å². The van der Waals surface area contributed by atoms with E-state index >= 15 is 0 Å². The zero-order chi connectivity index (χ0) is 10.3. The summed E-state index contributed by atoms with van der Waals surface area (Å²) in [6.07, 6.45) is 0. The van der Waals surface area contributed by atoms with Gasteiger partial charge in [0.15, 0.2) is 0 Å². The molecule has 0 rings (SSSR count). The van der Waals surface area contributed by atoms with Gasteiger partial charge in [-0.1, -0.05) is 9.13 Å². The second-order valence-electron chi connectivity index (χ2n) is 1.08. The van der Waals surface area contributed by atoms with E-state index in [1.807, 2.05) is 0 Å². The molecule has 0 saturated heterocycles. The minimum atomic E-state index is -3.24. The van der Waals surface area contributed by atoms with Crippen LogP contribution in [0, 0.1) is 0 Å². The maximum Gasteiger partial charge on any atom is 1.00 e. The van der Waals surface area contributed by atoms with E-state index in [1.165, 1.54) is 0 Å². The van der Waals surface area contributed by atoms with Crippen LogP contribution in [-0.4, -0.2) is 21.6 Å². The van der Waals surface area contributed by atoms with Gasteiger partial charge in [-0.3, -0.25) is 0 Å². The topological polar surface area (TPSA) is 155 Å². The van der Waals surface area contributed by atoms with Gasteiger partial charge in [-0.25, -0.2) is 0 Å². The van der Waals surface area contributed by atoms with Crippen molar-refractivity contribution in [3.63, 3.8) is 0 Å². The fourth-order valence-electron chi connectivity index (χ4n) is 0. The van der Waals surface area contributed by atoms with Gasteiger partial charge < -0.3 is 20.0 Å². The zero-order valence-corrected chi connectivity index (χ0v) is 13.0. The maximum absolute atomic E-state index is 9.14. The third-order valence-corrected chi connectivity index (χ3v) is 0.937. The Kier molecular flexibility index (Phi) is 24.4. The second kappa shape index (κ2) is 14.1. The monoisotopic (exact) mass is 262 g/mol. The predicted octanol–water partition coefficient (Wildman–Crippen LogP) is -6.46. The van der Waals surface area contributed by atoms with E-state index in [0.29, 0.717) is 0 Å². The van der Waals surface area contributed by atoms with Crippen LogP contribution in [0.15, 0.2) is 0 Å². The quantitative estimate of drug-likeness (QED) is 0.367. The minimum absolute atomic E-state index is 0. The molecule has 0 heterocycles. The van der Waals surface area contributed by atoms with E-state index in [1.54, 1.807) is 0 Å². The molecule has 0 saturated carbocycles. The van der Waals surface area contributed by atoms with Gasteiger partial charge in [0.25, 0.3) is 0 Å². The van der Waals surface area contributed by atoms with Crippen molar-refractivity contribution in [2.75, 3.05) is 0 Å². The number of hydrogen-bond acceptors (Lipinski definition) is 6. The molecule has 0 aliphatic carbocycles. The molecule has 8 nitrogen and oxygen atoms in total. The minimum Gasteiger partial charge on any atom is -0.585 e. The Balaban J connectivity index is -0.0000000625. The van der Waals surface area contributed by atoms with Crippen molar-refractivity contribution >= 4 is 27.5 Å². The predicted molar refractivity (Wildman–Crippen MR) is 31.3 cm³/mol. The Morgan fingerprint density at radius 3 is 0.929 bits per heavy atom. The third-order valence-electron chi connectivity index (χ3n) is 0.312. The summed E-state index contributed by atoms with van der Waals surface area (Å²) in [6, 6.07) is 0. The Morgan fingerprint density at radius 1 is 0.857 bits per heavy atom. The van der Waals surface area contributed by atoms with Crippen LogP contribution >= 0.6 is 16.1 Å². The summed E-state index contributed by atoms with van der Waals surface area (Å²) >= 11 is 0. The van der Waals surface area contributed by atoms with Gasteiger partial charge in [0.05, 0.1) is 0 Å². The summed E-state index contributed by atoms with van der Waals surface area (Å²) in [6.45, 7) is 0. The van der Waals surface area contributed by atoms with Crippen molar-refractivity contribution in [1.29, 1.82) is 0 Å². The molecule has 0 radical (unpaired) electrons. The molecular formula is C2H2Na2O8P2+2. The summed E-state index contributed by atoms with van der Waals surface area (Å²) in [5.74, 6) is 0. The van der Waals surface area contributed by atoms with Crippen molar-refractivity contribution in [2.45, 2.75) is 0 Å². The number of carboxylic acid groups (broad SMARTS) is 2. The van der Waals surface area contributed by atoms with Gasteiger partial charge >= 0.3 is 86.6 Å². The van der Waals surface area contributed by atoms with E-state index in [-0.39, 0.29) is 59.1 Å². The van der Waals surface area contributed by atoms with Crippen LogP contribution in [-0.2, 0) is 9.13 Å². The number of rotatable bonds is 2. The normalized spacial score (nSPS) is 9.00. The molecule has 12 heteroatoms. The van der Waals surface area contributed by atoms with Crippen LogP contribution < -0.4 is 68.9 Å². The molecule has 0 aromatic rings. The number of hydrogen-bond donors (Lipinski definition) is 2. The van der Waals surface area contributed by atoms with Crippen molar-refractivity contribution in [3.8, 4) is 0 Å². The van der Waals surface area contributed by atoms with Gasteiger partial charge in [0.2, 0.25) is 0 Å². The van der Waals surface area contributed by atoms with Crippen LogP contribution in [0.5, 0.6) is 0 Å². The van der Waals surface area contributed by atoms with E-state index in [9.17, 15) is 0 Å². The molecular weight excluding hydrogens is 260 g/mol. The van der Waals surface area contributed by atoms with Gasteiger partial charge in [0.1, 0.15) is 0 Å². The Morgan fingerprint density at radius 2 is 0.929 bits per heavy atom. The zero-order valence-electron chi connectivity index (χ0n) is 7.24. The molecule has 0 bridgehead atoms. The van der Waals surface area contributed by atoms with Crippen molar-refractivity contribution < 1.29 is 97.8 Å². The average Bonchev–Trinajstić information content (AvgIpc) is 1.88. The Hall–Kier alpha value is 1.06. The maximum atomic E-state index is 9.14. The molecule has 2 atom stereocenters. The van der Waals surface area contributed by atoms with Gasteiger partial charge in [-0.2, -0.15) is 9.59 Å². The molecule has 0 spiro atoms.